The largest absolute Gasteiger partial charge is 0.417 e. The lowest BCUT2D eigenvalue weighted by molar-refractivity contribution is -0.105. The number of rotatable bonds is 3. The third-order valence-electron chi connectivity index (χ3n) is 5.86. The van der Waals surface area contributed by atoms with Gasteiger partial charge in [0.15, 0.2) is 5.41 Å². The molecule has 154 valence electrons. The lowest BCUT2D eigenvalue weighted by atomic mass is 9.56. The van der Waals surface area contributed by atoms with Crippen molar-refractivity contribution in [3.63, 3.8) is 0 Å². The number of alkyl halides is 3. The van der Waals surface area contributed by atoms with Crippen LogP contribution in [0.1, 0.15) is 30.4 Å². The van der Waals surface area contributed by atoms with E-state index in [0.29, 0.717) is 18.7 Å². The van der Waals surface area contributed by atoms with Crippen molar-refractivity contribution in [3.05, 3.63) is 58.3 Å². The molecule has 0 fully saturated rings. The van der Waals surface area contributed by atoms with Gasteiger partial charge in [0.05, 0.1) is 29.3 Å². The van der Waals surface area contributed by atoms with Gasteiger partial charge in [-0.1, -0.05) is 31.2 Å². The molecule has 1 aliphatic heterocycles. The Morgan fingerprint density at radius 1 is 1.20 bits per heavy atom. The first-order chi connectivity index (χ1) is 14.2. The van der Waals surface area contributed by atoms with Crippen molar-refractivity contribution < 1.29 is 13.2 Å². The van der Waals surface area contributed by atoms with E-state index in [4.69, 9.17) is 5.73 Å². The van der Waals surface area contributed by atoms with Gasteiger partial charge in [0.2, 0.25) is 0 Å². The Bertz CT molecular complexity index is 1020. The molecule has 0 unspecified atom stereocenters. The SMILES string of the molecule is CCCN1CC=C2C(N)=C(C(F)(F)F)C(C#N)(C#N)[C@H](c3ccccc3C#N)[C@H]2C1. The average Bonchev–Trinajstić information content (AvgIpc) is 2.72. The van der Waals surface area contributed by atoms with Crippen LogP contribution in [0.4, 0.5) is 13.2 Å². The van der Waals surface area contributed by atoms with Crippen LogP contribution in [-0.2, 0) is 0 Å². The number of nitrogens with zero attached hydrogens (tertiary/aromatic N) is 4. The van der Waals surface area contributed by atoms with Gasteiger partial charge in [-0.3, -0.25) is 4.90 Å². The summed E-state index contributed by atoms with van der Waals surface area (Å²) in [6.45, 7) is 3.49. The highest BCUT2D eigenvalue weighted by Crippen LogP contribution is 2.58. The molecule has 0 amide bonds. The van der Waals surface area contributed by atoms with E-state index < -0.39 is 34.7 Å². The topological polar surface area (TPSA) is 101 Å². The first-order valence-electron chi connectivity index (χ1n) is 9.56. The second kappa shape index (κ2) is 7.86. The fraction of sp³-hybridized carbons (Fsp3) is 0.409. The number of hydrogen-bond donors (Lipinski definition) is 1. The number of nitrogens with two attached hydrogens (primary N) is 1. The highest BCUT2D eigenvalue weighted by Gasteiger charge is 2.62. The fourth-order valence-corrected chi connectivity index (χ4v) is 4.71. The van der Waals surface area contributed by atoms with Crippen molar-refractivity contribution in [1.29, 1.82) is 15.8 Å². The van der Waals surface area contributed by atoms with Gasteiger partial charge < -0.3 is 5.73 Å². The molecule has 0 bridgehead atoms. The van der Waals surface area contributed by atoms with Gasteiger partial charge in [-0.05, 0) is 30.2 Å². The Kier molecular flexibility index (Phi) is 5.61. The van der Waals surface area contributed by atoms with Gasteiger partial charge in [0.1, 0.15) is 0 Å². The molecule has 0 radical (unpaired) electrons. The van der Waals surface area contributed by atoms with E-state index in [1.54, 1.807) is 30.3 Å². The third-order valence-corrected chi connectivity index (χ3v) is 5.86. The minimum Gasteiger partial charge on any atom is -0.398 e. The molecule has 30 heavy (non-hydrogen) atoms. The van der Waals surface area contributed by atoms with Gasteiger partial charge in [-0.15, -0.1) is 0 Å². The molecule has 1 aromatic rings. The van der Waals surface area contributed by atoms with Gasteiger partial charge >= 0.3 is 6.18 Å². The van der Waals surface area contributed by atoms with Crippen LogP contribution in [0.2, 0.25) is 0 Å². The van der Waals surface area contributed by atoms with Crippen molar-refractivity contribution in [2.24, 2.45) is 17.1 Å². The predicted octanol–water partition coefficient (Wildman–Crippen LogP) is 3.73. The lowest BCUT2D eigenvalue weighted by Gasteiger charge is -2.47. The molecule has 0 saturated heterocycles. The molecule has 0 aromatic heterocycles. The van der Waals surface area contributed by atoms with E-state index in [0.717, 1.165) is 13.0 Å². The molecule has 1 aliphatic carbocycles. The molecule has 8 heteroatoms. The van der Waals surface area contributed by atoms with Gasteiger partial charge in [-0.2, -0.15) is 29.0 Å². The molecule has 1 aromatic carbocycles. The first kappa shape index (κ1) is 21.4. The second-order valence-corrected chi connectivity index (χ2v) is 7.52. The van der Waals surface area contributed by atoms with Crippen LogP contribution >= 0.6 is 0 Å². The Hall–Kier alpha value is -3.28. The van der Waals surface area contributed by atoms with E-state index in [1.807, 2.05) is 13.0 Å². The number of hydrogen-bond acceptors (Lipinski definition) is 5. The van der Waals surface area contributed by atoms with E-state index in [1.165, 1.54) is 12.1 Å². The van der Waals surface area contributed by atoms with Crippen LogP contribution in [0.5, 0.6) is 0 Å². The van der Waals surface area contributed by atoms with E-state index >= 15 is 0 Å². The summed E-state index contributed by atoms with van der Waals surface area (Å²) in [6, 6.07) is 11.5. The van der Waals surface area contributed by atoms with Crippen molar-refractivity contribution in [2.45, 2.75) is 25.4 Å². The summed E-state index contributed by atoms with van der Waals surface area (Å²) in [5.74, 6) is -1.80. The van der Waals surface area contributed by atoms with E-state index in [-0.39, 0.29) is 11.1 Å². The summed E-state index contributed by atoms with van der Waals surface area (Å²) in [7, 11) is 0. The minimum atomic E-state index is -4.97. The van der Waals surface area contributed by atoms with Gasteiger partial charge in [0.25, 0.3) is 0 Å². The zero-order valence-corrected chi connectivity index (χ0v) is 16.4. The molecule has 3 rings (SSSR count). The Balaban J connectivity index is 2.38. The summed E-state index contributed by atoms with van der Waals surface area (Å²) < 4.78 is 42.4. The minimum absolute atomic E-state index is 0.145. The van der Waals surface area contributed by atoms with E-state index in [2.05, 4.69) is 4.90 Å². The maximum atomic E-state index is 14.1. The summed E-state index contributed by atoms with van der Waals surface area (Å²) in [6.07, 6.45) is -2.47. The zero-order chi connectivity index (χ0) is 22.1. The fourth-order valence-electron chi connectivity index (χ4n) is 4.71. The molecule has 2 atom stereocenters. The Labute approximate surface area is 173 Å². The number of fused-ring (bicyclic) bond motifs is 1. The number of nitriles is 3. The first-order valence-corrected chi connectivity index (χ1v) is 9.56. The molecule has 2 aliphatic rings. The highest BCUT2D eigenvalue weighted by molar-refractivity contribution is 5.58. The summed E-state index contributed by atoms with van der Waals surface area (Å²) in [5, 5.41) is 29.5. The quantitative estimate of drug-likeness (QED) is 0.817. The smallest absolute Gasteiger partial charge is 0.398 e. The number of benzene rings is 1. The monoisotopic (exact) mass is 411 g/mol. The maximum Gasteiger partial charge on any atom is 0.417 e. The molecular weight excluding hydrogens is 391 g/mol. The second-order valence-electron chi connectivity index (χ2n) is 7.52. The van der Waals surface area contributed by atoms with Crippen molar-refractivity contribution in [1.82, 2.24) is 4.90 Å². The third kappa shape index (κ3) is 3.22. The summed E-state index contributed by atoms with van der Waals surface area (Å²) in [5.41, 5.74) is 2.25. The maximum absolute atomic E-state index is 14.1. The number of allylic oxidation sites excluding steroid dienone is 2. The van der Waals surface area contributed by atoms with Crippen LogP contribution in [0.15, 0.2) is 47.2 Å². The molecule has 0 saturated carbocycles. The van der Waals surface area contributed by atoms with Crippen LogP contribution < -0.4 is 5.73 Å². The molecule has 5 nitrogen and oxygen atoms in total. The highest BCUT2D eigenvalue weighted by atomic mass is 19.4. The van der Waals surface area contributed by atoms with Crippen molar-refractivity contribution >= 4 is 0 Å². The summed E-state index contributed by atoms with van der Waals surface area (Å²) >= 11 is 0. The standard InChI is InChI=1S/C22H20F3N5/c1-2-8-30-9-7-16-17(11-30)18(15-6-4-3-5-14(15)10-26)21(12-27,13-28)20(19(16)29)22(23,24)25/h3-7,17-18H,2,8-9,11,29H2,1H3/t17-,18+/m0/s1. The molecule has 0 spiro atoms. The van der Waals surface area contributed by atoms with Crippen LogP contribution in [0.3, 0.4) is 0 Å². The van der Waals surface area contributed by atoms with Crippen LogP contribution in [-0.4, -0.2) is 30.7 Å². The van der Waals surface area contributed by atoms with Crippen molar-refractivity contribution in [3.8, 4) is 18.2 Å². The Morgan fingerprint density at radius 2 is 1.87 bits per heavy atom. The zero-order valence-electron chi connectivity index (χ0n) is 16.4. The lowest BCUT2D eigenvalue weighted by Crippen LogP contribution is -2.50. The van der Waals surface area contributed by atoms with Crippen LogP contribution in [0.25, 0.3) is 0 Å². The van der Waals surface area contributed by atoms with Crippen LogP contribution in [0, 0.1) is 45.3 Å². The van der Waals surface area contributed by atoms with Crippen molar-refractivity contribution in [2.75, 3.05) is 19.6 Å². The molecular formula is C22H20F3N5. The predicted molar refractivity (Wildman–Crippen MR) is 103 cm³/mol. The molecule has 1 heterocycles. The summed E-state index contributed by atoms with van der Waals surface area (Å²) in [4.78, 5) is 2.06. The average molecular weight is 411 g/mol. The van der Waals surface area contributed by atoms with E-state index in [9.17, 15) is 29.0 Å². The Morgan fingerprint density at radius 3 is 2.43 bits per heavy atom. The van der Waals surface area contributed by atoms with Gasteiger partial charge in [-0.25, -0.2) is 0 Å². The number of halogens is 3. The van der Waals surface area contributed by atoms with Gasteiger partial charge in [0, 0.05) is 30.6 Å². The molecule has 2 N–H and O–H groups in total. The normalized spacial score (nSPS) is 23.6.